The number of hydrogen-bond acceptors (Lipinski definition) is 4. The summed E-state index contributed by atoms with van der Waals surface area (Å²) in [7, 11) is 2.09. The Morgan fingerprint density at radius 2 is 2.09 bits per heavy atom. The van der Waals surface area contributed by atoms with Gasteiger partial charge in [-0.3, -0.25) is 4.79 Å². The second-order valence-corrected chi connectivity index (χ2v) is 7.29. The van der Waals surface area contributed by atoms with Gasteiger partial charge in [0, 0.05) is 41.6 Å². The molecule has 1 aliphatic rings. The van der Waals surface area contributed by atoms with Crippen LogP contribution in [0.25, 0.3) is 10.6 Å². The minimum atomic E-state index is 0.180. The van der Waals surface area contributed by atoms with Gasteiger partial charge in [-0.25, -0.2) is 4.98 Å². The normalized spacial score (nSPS) is 16.0. The minimum Gasteiger partial charge on any atom is -0.340 e. The summed E-state index contributed by atoms with van der Waals surface area (Å²) in [6, 6.07) is 8.07. The Morgan fingerprint density at radius 3 is 2.82 bits per heavy atom. The maximum atomic E-state index is 12.3. The molecule has 1 fully saturated rings. The third kappa shape index (κ3) is 3.74. The minimum absolute atomic E-state index is 0.180. The molecule has 0 saturated carbocycles. The highest BCUT2D eigenvalue weighted by atomic mass is 79.9. The van der Waals surface area contributed by atoms with Gasteiger partial charge in [0.2, 0.25) is 5.91 Å². The molecular formula is C16H18BrN3OS. The maximum Gasteiger partial charge on any atom is 0.228 e. The molecule has 1 amide bonds. The molecule has 1 aromatic heterocycles. The predicted octanol–water partition coefficient (Wildman–Crippen LogP) is 2.89. The van der Waals surface area contributed by atoms with Crippen molar-refractivity contribution < 1.29 is 4.79 Å². The summed E-state index contributed by atoms with van der Waals surface area (Å²) in [5.74, 6) is 0.180. The lowest BCUT2D eigenvalue weighted by atomic mass is 10.2. The van der Waals surface area contributed by atoms with Gasteiger partial charge in [-0.15, -0.1) is 11.3 Å². The van der Waals surface area contributed by atoms with Crippen LogP contribution in [-0.4, -0.2) is 53.9 Å². The lowest BCUT2D eigenvalue weighted by Crippen LogP contribution is -2.47. The van der Waals surface area contributed by atoms with E-state index in [1.54, 1.807) is 11.3 Å². The van der Waals surface area contributed by atoms with Crippen molar-refractivity contribution in [2.45, 2.75) is 6.42 Å². The first-order valence-electron chi connectivity index (χ1n) is 7.28. The van der Waals surface area contributed by atoms with Crippen molar-refractivity contribution in [2.75, 3.05) is 33.2 Å². The van der Waals surface area contributed by atoms with E-state index in [-0.39, 0.29) is 5.91 Å². The summed E-state index contributed by atoms with van der Waals surface area (Å²) in [6.45, 7) is 3.54. The van der Waals surface area contributed by atoms with Crippen LogP contribution in [0.3, 0.4) is 0 Å². The number of carbonyl (C=O) groups is 1. The van der Waals surface area contributed by atoms with Crippen LogP contribution >= 0.6 is 27.3 Å². The zero-order valence-electron chi connectivity index (χ0n) is 12.5. The summed E-state index contributed by atoms with van der Waals surface area (Å²) in [5.41, 5.74) is 1.95. The Morgan fingerprint density at radius 1 is 1.32 bits per heavy atom. The van der Waals surface area contributed by atoms with Crippen LogP contribution in [-0.2, 0) is 11.2 Å². The van der Waals surface area contributed by atoms with Crippen LogP contribution in [0.4, 0.5) is 0 Å². The monoisotopic (exact) mass is 379 g/mol. The smallest absolute Gasteiger partial charge is 0.228 e. The van der Waals surface area contributed by atoms with Gasteiger partial charge in [0.05, 0.1) is 12.1 Å². The Hall–Kier alpha value is -1.24. The summed E-state index contributed by atoms with van der Waals surface area (Å²) < 4.78 is 1.04. The largest absolute Gasteiger partial charge is 0.340 e. The lowest BCUT2D eigenvalue weighted by Gasteiger charge is -2.32. The van der Waals surface area contributed by atoms with Crippen LogP contribution < -0.4 is 0 Å². The molecule has 116 valence electrons. The molecule has 2 aromatic rings. The highest BCUT2D eigenvalue weighted by Crippen LogP contribution is 2.26. The maximum absolute atomic E-state index is 12.3. The summed E-state index contributed by atoms with van der Waals surface area (Å²) in [6.07, 6.45) is 0.397. The van der Waals surface area contributed by atoms with Crippen molar-refractivity contribution in [2.24, 2.45) is 0 Å². The second-order valence-electron chi connectivity index (χ2n) is 5.52. The van der Waals surface area contributed by atoms with E-state index in [4.69, 9.17) is 0 Å². The summed E-state index contributed by atoms with van der Waals surface area (Å²) >= 11 is 5.07. The van der Waals surface area contributed by atoms with Crippen LogP contribution in [0, 0.1) is 0 Å². The highest BCUT2D eigenvalue weighted by Gasteiger charge is 2.20. The van der Waals surface area contributed by atoms with Gasteiger partial charge in [-0.2, -0.15) is 0 Å². The van der Waals surface area contributed by atoms with Crippen LogP contribution in [0.5, 0.6) is 0 Å². The molecule has 3 rings (SSSR count). The fourth-order valence-electron chi connectivity index (χ4n) is 2.46. The first-order valence-corrected chi connectivity index (χ1v) is 8.96. The molecule has 0 spiro atoms. The molecule has 0 aliphatic carbocycles. The SMILES string of the molecule is CN1CCN(C(=O)Cc2csc(-c3cccc(Br)c3)n2)CC1. The van der Waals surface area contributed by atoms with E-state index in [0.717, 1.165) is 46.9 Å². The number of amides is 1. The quantitative estimate of drug-likeness (QED) is 0.822. The number of nitrogens with zero attached hydrogens (tertiary/aromatic N) is 3. The first kappa shape index (κ1) is 15.6. The topological polar surface area (TPSA) is 36.4 Å². The molecule has 1 aliphatic heterocycles. The summed E-state index contributed by atoms with van der Waals surface area (Å²) in [5, 5.41) is 2.95. The van der Waals surface area contributed by atoms with E-state index in [2.05, 4.69) is 32.9 Å². The lowest BCUT2D eigenvalue weighted by molar-refractivity contribution is -0.132. The second kappa shape index (κ2) is 6.89. The zero-order valence-corrected chi connectivity index (χ0v) is 14.9. The third-order valence-electron chi connectivity index (χ3n) is 3.81. The number of carbonyl (C=O) groups excluding carboxylic acids is 1. The van der Waals surface area contributed by atoms with E-state index >= 15 is 0 Å². The molecule has 0 bridgehead atoms. The number of halogens is 1. The summed E-state index contributed by atoms with van der Waals surface area (Å²) in [4.78, 5) is 21.1. The molecule has 0 N–H and O–H groups in total. The van der Waals surface area contributed by atoms with Crippen molar-refractivity contribution in [3.63, 3.8) is 0 Å². The number of hydrogen-bond donors (Lipinski definition) is 0. The molecule has 4 nitrogen and oxygen atoms in total. The standard InChI is InChI=1S/C16H18BrN3OS/c1-19-5-7-20(8-6-19)15(21)10-14-11-22-16(18-14)12-3-2-4-13(17)9-12/h2-4,9,11H,5-8,10H2,1H3. The van der Waals surface area contributed by atoms with E-state index in [1.807, 2.05) is 34.5 Å². The number of piperazine rings is 1. The van der Waals surface area contributed by atoms with E-state index < -0.39 is 0 Å². The molecule has 0 atom stereocenters. The molecule has 22 heavy (non-hydrogen) atoms. The molecule has 1 saturated heterocycles. The van der Waals surface area contributed by atoms with Gasteiger partial charge in [-0.1, -0.05) is 28.1 Å². The Kier molecular flexibility index (Phi) is 4.90. The molecular weight excluding hydrogens is 362 g/mol. The molecule has 0 radical (unpaired) electrons. The van der Waals surface area contributed by atoms with Crippen molar-refractivity contribution in [1.29, 1.82) is 0 Å². The van der Waals surface area contributed by atoms with E-state index in [1.165, 1.54) is 0 Å². The van der Waals surface area contributed by atoms with Gasteiger partial charge < -0.3 is 9.80 Å². The van der Waals surface area contributed by atoms with E-state index in [0.29, 0.717) is 6.42 Å². The van der Waals surface area contributed by atoms with Crippen LogP contribution in [0.15, 0.2) is 34.1 Å². The zero-order chi connectivity index (χ0) is 15.5. The number of aromatic nitrogens is 1. The highest BCUT2D eigenvalue weighted by molar-refractivity contribution is 9.10. The number of benzene rings is 1. The van der Waals surface area contributed by atoms with Crippen LogP contribution in [0.1, 0.15) is 5.69 Å². The molecule has 6 heteroatoms. The van der Waals surface area contributed by atoms with E-state index in [9.17, 15) is 4.79 Å². The number of rotatable bonds is 3. The third-order valence-corrected chi connectivity index (χ3v) is 5.25. The average molecular weight is 380 g/mol. The van der Waals surface area contributed by atoms with Gasteiger partial charge in [0.15, 0.2) is 0 Å². The van der Waals surface area contributed by atoms with Gasteiger partial charge in [0.25, 0.3) is 0 Å². The Bertz CT molecular complexity index is 665. The van der Waals surface area contributed by atoms with Gasteiger partial charge in [-0.05, 0) is 19.2 Å². The molecule has 2 heterocycles. The predicted molar refractivity (Wildman–Crippen MR) is 93.0 cm³/mol. The number of thiazole rings is 1. The fourth-order valence-corrected chi connectivity index (χ4v) is 3.68. The Balaban J connectivity index is 1.65. The van der Waals surface area contributed by atoms with Crippen molar-refractivity contribution in [3.8, 4) is 10.6 Å². The van der Waals surface area contributed by atoms with Gasteiger partial charge in [0.1, 0.15) is 5.01 Å². The first-order chi connectivity index (χ1) is 10.6. The van der Waals surface area contributed by atoms with Gasteiger partial charge >= 0.3 is 0 Å². The van der Waals surface area contributed by atoms with Crippen molar-refractivity contribution >= 4 is 33.2 Å². The molecule has 0 unspecified atom stereocenters. The number of likely N-dealkylation sites (N-methyl/N-ethyl adjacent to an activating group) is 1. The van der Waals surface area contributed by atoms with Crippen molar-refractivity contribution in [1.82, 2.24) is 14.8 Å². The molecule has 1 aromatic carbocycles. The van der Waals surface area contributed by atoms with Crippen LogP contribution in [0.2, 0.25) is 0 Å². The fraction of sp³-hybridized carbons (Fsp3) is 0.375. The average Bonchev–Trinajstić information content (AvgIpc) is 2.96. The van der Waals surface area contributed by atoms with Crippen molar-refractivity contribution in [3.05, 3.63) is 39.8 Å². The Labute approximate surface area is 142 Å².